The van der Waals surface area contributed by atoms with Crippen molar-refractivity contribution in [3.63, 3.8) is 0 Å². The molecule has 0 fully saturated rings. The van der Waals surface area contributed by atoms with Crippen LogP contribution in [0.4, 0.5) is 0 Å². The van der Waals surface area contributed by atoms with Gasteiger partial charge in [0.15, 0.2) is 4.88 Å². The molecule has 0 aliphatic heterocycles. The van der Waals surface area contributed by atoms with Gasteiger partial charge < -0.3 is 9.84 Å². The Labute approximate surface area is 81.0 Å². The summed E-state index contributed by atoms with van der Waals surface area (Å²) in [5.41, 5.74) is 0.838. The lowest BCUT2D eigenvalue weighted by Gasteiger charge is -1.96. The van der Waals surface area contributed by atoms with Gasteiger partial charge in [0.2, 0.25) is 0 Å². The lowest BCUT2D eigenvalue weighted by atomic mass is 10.2. The smallest absolute Gasteiger partial charge is 0.351 e. The quantitative estimate of drug-likeness (QED) is 0.744. The molecule has 1 N–H and O–H groups in total. The first-order valence-corrected chi connectivity index (χ1v) is 4.83. The molecule has 1 heterocycles. The number of carbonyl (C=O) groups excluding carboxylic acids is 1. The number of ether oxygens (including phenoxy) is 1. The molecule has 0 aliphatic rings. The molecule has 3 nitrogen and oxygen atoms in total. The van der Waals surface area contributed by atoms with Crippen LogP contribution >= 0.6 is 11.3 Å². The van der Waals surface area contributed by atoms with E-state index in [0.717, 1.165) is 16.9 Å². The zero-order valence-corrected chi connectivity index (χ0v) is 8.70. The van der Waals surface area contributed by atoms with E-state index >= 15 is 0 Å². The molecule has 0 amide bonds. The highest BCUT2D eigenvalue weighted by Gasteiger charge is 2.19. The molecule has 0 spiro atoms. The van der Waals surface area contributed by atoms with E-state index in [4.69, 9.17) is 0 Å². The van der Waals surface area contributed by atoms with Crippen molar-refractivity contribution < 1.29 is 14.6 Å². The standard InChI is InChI=1S/C9H12O3S/c1-4-6-5(2)13-8(7(6)10)9(11)12-3/h10H,4H2,1-3H3. The van der Waals surface area contributed by atoms with Gasteiger partial charge in [-0.05, 0) is 13.3 Å². The van der Waals surface area contributed by atoms with Crippen molar-refractivity contribution >= 4 is 17.3 Å². The van der Waals surface area contributed by atoms with Gasteiger partial charge in [0.25, 0.3) is 0 Å². The van der Waals surface area contributed by atoms with Crippen LogP contribution in [-0.2, 0) is 11.2 Å². The number of carbonyl (C=O) groups is 1. The number of methoxy groups -OCH3 is 1. The number of hydrogen-bond donors (Lipinski definition) is 1. The molecule has 1 rings (SSSR count). The van der Waals surface area contributed by atoms with Crippen molar-refractivity contribution in [3.8, 4) is 5.75 Å². The molecule has 0 saturated heterocycles. The number of aromatic hydroxyl groups is 1. The van der Waals surface area contributed by atoms with E-state index in [1.165, 1.54) is 18.4 Å². The predicted octanol–water partition coefficient (Wildman–Crippen LogP) is 2.11. The maximum absolute atomic E-state index is 11.1. The van der Waals surface area contributed by atoms with Gasteiger partial charge in [-0.1, -0.05) is 6.92 Å². The van der Waals surface area contributed by atoms with Gasteiger partial charge in [-0.25, -0.2) is 4.79 Å². The van der Waals surface area contributed by atoms with Crippen molar-refractivity contribution in [2.45, 2.75) is 20.3 Å². The summed E-state index contributed by atoms with van der Waals surface area (Å²) < 4.78 is 4.54. The van der Waals surface area contributed by atoms with Crippen LogP contribution in [0.3, 0.4) is 0 Å². The van der Waals surface area contributed by atoms with Crippen LogP contribution in [0.15, 0.2) is 0 Å². The summed E-state index contributed by atoms with van der Waals surface area (Å²) in [6.07, 6.45) is 0.727. The lowest BCUT2D eigenvalue weighted by molar-refractivity contribution is 0.0603. The maximum atomic E-state index is 11.1. The van der Waals surface area contributed by atoms with Crippen molar-refractivity contribution in [3.05, 3.63) is 15.3 Å². The largest absolute Gasteiger partial charge is 0.506 e. The first-order chi connectivity index (χ1) is 6.11. The molecule has 1 aromatic rings. The third kappa shape index (κ3) is 1.67. The maximum Gasteiger partial charge on any atom is 0.351 e. The van der Waals surface area contributed by atoms with Crippen LogP contribution in [-0.4, -0.2) is 18.2 Å². The molecule has 0 aromatic carbocycles. The van der Waals surface area contributed by atoms with Gasteiger partial charge in [-0.2, -0.15) is 0 Å². The van der Waals surface area contributed by atoms with Gasteiger partial charge >= 0.3 is 5.97 Å². The summed E-state index contributed by atoms with van der Waals surface area (Å²) in [6.45, 7) is 3.82. The Morgan fingerprint density at radius 3 is 2.62 bits per heavy atom. The normalized spacial score (nSPS) is 10.1. The highest BCUT2D eigenvalue weighted by Crippen LogP contribution is 2.34. The highest BCUT2D eigenvalue weighted by molar-refractivity contribution is 7.14. The first-order valence-electron chi connectivity index (χ1n) is 4.01. The van der Waals surface area contributed by atoms with Crippen LogP contribution in [0.5, 0.6) is 5.75 Å². The van der Waals surface area contributed by atoms with E-state index in [9.17, 15) is 9.90 Å². The molecule has 1 aromatic heterocycles. The lowest BCUT2D eigenvalue weighted by Crippen LogP contribution is -1.98. The van der Waals surface area contributed by atoms with E-state index in [1.54, 1.807) is 0 Å². The Morgan fingerprint density at radius 1 is 1.62 bits per heavy atom. The fourth-order valence-corrected chi connectivity index (χ4v) is 2.27. The second-order valence-electron chi connectivity index (χ2n) is 2.66. The van der Waals surface area contributed by atoms with Crippen molar-refractivity contribution in [1.82, 2.24) is 0 Å². The van der Waals surface area contributed by atoms with E-state index in [0.29, 0.717) is 4.88 Å². The molecule has 0 atom stereocenters. The van der Waals surface area contributed by atoms with Crippen LogP contribution in [0.2, 0.25) is 0 Å². The zero-order chi connectivity index (χ0) is 10.0. The van der Waals surface area contributed by atoms with Crippen molar-refractivity contribution in [1.29, 1.82) is 0 Å². The van der Waals surface area contributed by atoms with E-state index < -0.39 is 5.97 Å². The topological polar surface area (TPSA) is 46.5 Å². The van der Waals surface area contributed by atoms with E-state index in [-0.39, 0.29) is 5.75 Å². The van der Waals surface area contributed by atoms with Crippen LogP contribution in [0.25, 0.3) is 0 Å². The predicted molar refractivity (Wildman–Crippen MR) is 51.4 cm³/mol. The number of hydrogen-bond acceptors (Lipinski definition) is 4. The number of rotatable bonds is 2. The number of esters is 1. The summed E-state index contributed by atoms with van der Waals surface area (Å²) in [5, 5.41) is 9.62. The Hall–Kier alpha value is -1.03. The second-order valence-corrected chi connectivity index (χ2v) is 3.88. The first kappa shape index (κ1) is 10.1. The fraction of sp³-hybridized carbons (Fsp3) is 0.444. The van der Waals surface area contributed by atoms with Gasteiger partial charge in [-0.15, -0.1) is 11.3 Å². The molecule has 0 bridgehead atoms. The Balaban J connectivity index is 3.18. The van der Waals surface area contributed by atoms with E-state index in [2.05, 4.69) is 4.74 Å². The minimum absolute atomic E-state index is 0.0804. The summed E-state index contributed by atoms with van der Waals surface area (Å²) in [7, 11) is 1.31. The van der Waals surface area contributed by atoms with Crippen LogP contribution in [0.1, 0.15) is 27.0 Å². The molecule has 13 heavy (non-hydrogen) atoms. The average molecular weight is 200 g/mol. The van der Waals surface area contributed by atoms with E-state index in [1.807, 2.05) is 13.8 Å². The molecular weight excluding hydrogens is 188 g/mol. The Kier molecular flexibility index (Phi) is 2.93. The number of thiophene rings is 1. The SMILES string of the molecule is CCc1c(C)sc(C(=O)OC)c1O. The molecule has 0 saturated carbocycles. The summed E-state index contributed by atoms with van der Waals surface area (Å²) in [5.74, 6) is -0.387. The van der Waals surface area contributed by atoms with Gasteiger partial charge in [-0.3, -0.25) is 0 Å². The number of aryl methyl sites for hydroxylation is 1. The minimum Gasteiger partial charge on any atom is -0.506 e. The van der Waals surface area contributed by atoms with Gasteiger partial charge in [0.05, 0.1) is 7.11 Å². The third-order valence-corrected chi connectivity index (χ3v) is 3.02. The second kappa shape index (κ2) is 3.79. The van der Waals surface area contributed by atoms with Crippen LogP contribution < -0.4 is 0 Å². The summed E-state index contributed by atoms with van der Waals surface area (Å²) in [6, 6.07) is 0. The zero-order valence-electron chi connectivity index (χ0n) is 7.88. The summed E-state index contributed by atoms with van der Waals surface area (Å²) in [4.78, 5) is 12.4. The van der Waals surface area contributed by atoms with Crippen molar-refractivity contribution in [2.75, 3.05) is 7.11 Å². The minimum atomic E-state index is -0.467. The molecule has 0 radical (unpaired) electrons. The Bertz CT molecular complexity index is 328. The molecule has 0 aliphatic carbocycles. The van der Waals surface area contributed by atoms with Gasteiger partial charge in [0, 0.05) is 10.4 Å². The Morgan fingerprint density at radius 2 is 2.23 bits per heavy atom. The third-order valence-electron chi connectivity index (χ3n) is 1.91. The highest BCUT2D eigenvalue weighted by atomic mass is 32.1. The average Bonchev–Trinajstić information content (AvgIpc) is 2.40. The molecular formula is C9H12O3S. The summed E-state index contributed by atoms with van der Waals surface area (Å²) >= 11 is 1.27. The monoisotopic (exact) mass is 200 g/mol. The van der Waals surface area contributed by atoms with Crippen molar-refractivity contribution in [2.24, 2.45) is 0 Å². The molecule has 0 unspecified atom stereocenters. The molecule has 4 heteroatoms. The van der Waals surface area contributed by atoms with Gasteiger partial charge in [0.1, 0.15) is 5.75 Å². The van der Waals surface area contributed by atoms with Crippen LogP contribution in [0, 0.1) is 6.92 Å². The fourth-order valence-electron chi connectivity index (χ4n) is 1.21. The molecule has 72 valence electrons.